The van der Waals surface area contributed by atoms with Gasteiger partial charge in [0.1, 0.15) is 0 Å². The predicted octanol–water partition coefficient (Wildman–Crippen LogP) is 14.3. The van der Waals surface area contributed by atoms with E-state index in [4.69, 9.17) is 9.97 Å². The van der Waals surface area contributed by atoms with E-state index in [2.05, 4.69) is 170 Å². The van der Waals surface area contributed by atoms with Crippen molar-refractivity contribution in [2.24, 2.45) is 11.8 Å². The molecular formula is C56H52N4Pt. The molecule has 0 aliphatic rings. The first-order chi connectivity index (χ1) is 29.6. The molecule has 306 valence electrons. The van der Waals surface area contributed by atoms with Crippen molar-refractivity contribution >= 4 is 54.6 Å². The molecule has 0 atom stereocenters. The van der Waals surface area contributed by atoms with Gasteiger partial charge in [0.15, 0.2) is 0 Å². The molecule has 6 aromatic carbocycles. The van der Waals surface area contributed by atoms with E-state index >= 15 is 0 Å². The maximum absolute atomic E-state index is 5.57. The maximum atomic E-state index is 5.57. The Balaban J connectivity index is 0.00000476. The molecule has 0 saturated heterocycles. The molecule has 4 aromatic heterocycles. The van der Waals surface area contributed by atoms with Crippen LogP contribution >= 0.6 is 0 Å². The average molecular weight is 976 g/mol. The quantitative estimate of drug-likeness (QED) is 0.0852. The van der Waals surface area contributed by atoms with Crippen LogP contribution in [0.3, 0.4) is 0 Å². The summed E-state index contributed by atoms with van der Waals surface area (Å²) in [6.45, 7) is 9.24. The number of hydrogen-bond donors (Lipinski definition) is 0. The molecule has 10 aromatic rings. The zero-order valence-corrected chi connectivity index (χ0v) is 37.9. The summed E-state index contributed by atoms with van der Waals surface area (Å²) in [4.78, 5) is 11.1. The van der Waals surface area contributed by atoms with Crippen molar-refractivity contribution in [2.45, 2.75) is 79.1 Å². The van der Waals surface area contributed by atoms with Gasteiger partial charge in [-0.25, -0.2) is 0 Å². The molecule has 0 fully saturated rings. The van der Waals surface area contributed by atoms with E-state index in [0.29, 0.717) is 11.8 Å². The van der Waals surface area contributed by atoms with Crippen LogP contribution in [0.5, 0.6) is 0 Å². The molecular weight excluding hydrogens is 924 g/mol. The summed E-state index contributed by atoms with van der Waals surface area (Å²) in [5, 5.41) is 7.03. The van der Waals surface area contributed by atoms with Crippen molar-refractivity contribution in [3.63, 3.8) is 0 Å². The number of aromatic nitrogens is 4. The first kappa shape index (κ1) is 40.8. The molecule has 0 spiro atoms. The molecule has 0 amide bonds. The molecule has 10 rings (SSSR count). The summed E-state index contributed by atoms with van der Waals surface area (Å²) in [6.07, 6.45) is 8.37. The zero-order chi connectivity index (χ0) is 40.7. The van der Waals surface area contributed by atoms with Crippen LogP contribution in [-0.2, 0) is 46.7 Å². The number of fused-ring (bicyclic) bond motifs is 12. The molecule has 5 heteroatoms. The van der Waals surface area contributed by atoms with Gasteiger partial charge in [-0.2, -0.15) is 0 Å². The molecule has 0 saturated carbocycles. The van der Waals surface area contributed by atoms with E-state index in [0.717, 1.165) is 81.7 Å². The summed E-state index contributed by atoms with van der Waals surface area (Å²) >= 11 is 0. The minimum atomic E-state index is 0. The van der Waals surface area contributed by atoms with E-state index in [1.54, 1.807) is 0 Å². The predicted molar refractivity (Wildman–Crippen MR) is 252 cm³/mol. The summed E-state index contributed by atoms with van der Waals surface area (Å²) in [5.74, 6) is 1.35. The van der Waals surface area contributed by atoms with Gasteiger partial charge in [-0.15, -0.1) is 59.3 Å². The van der Waals surface area contributed by atoms with Crippen LogP contribution in [0.25, 0.3) is 77.2 Å². The fourth-order valence-corrected chi connectivity index (χ4v) is 9.86. The first-order valence-electron chi connectivity index (χ1n) is 22.2. The SMILES string of the molecule is CCC(CC)Cc1ccc2c(c1)c1ccc[c-]c1c1nc(CCc3nc4c5[c-]cccc5c5cc(CC(CC)CC)ccc5n4c3-c3ccccc3)c(-c3ccccc3)n21.[Pt+2]. The minimum absolute atomic E-state index is 0. The molecule has 61 heavy (non-hydrogen) atoms. The largest absolute Gasteiger partial charge is 2.00 e. The molecule has 0 radical (unpaired) electrons. The fourth-order valence-electron chi connectivity index (χ4n) is 9.86. The molecule has 0 aliphatic heterocycles. The third-order valence-corrected chi connectivity index (χ3v) is 13.3. The standard InChI is InChI=1S/C56H52N4.Pt/c1-5-37(6-2)33-39-27-31-51-47(35-39)43-23-15-17-25-45(43)55-57-49(53(59(51)55)41-19-11-9-12-20-41)29-30-50-54(42-21-13-10-14-22-42)60-52-32-28-40(34-38(7-3)8-4)36-48(52)44-24-16-18-26-46(44)56(60)58-50;/h9-24,27-28,31-32,35-38H,5-8,29-30,33-34H2,1-4H3;/q-2;+2. The van der Waals surface area contributed by atoms with Crippen molar-refractivity contribution in [3.05, 3.63) is 168 Å². The van der Waals surface area contributed by atoms with Crippen LogP contribution in [0.1, 0.15) is 75.9 Å². The Morgan fingerprint density at radius 3 is 1.28 bits per heavy atom. The van der Waals surface area contributed by atoms with Crippen molar-refractivity contribution < 1.29 is 21.1 Å². The van der Waals surface area contributed by atoms with Crippen LogP contribution in [0, 0.1) is 24.0 Å². The first-order valence-corrected chi connectivity index (χ1v) is 22.2. The van der Waals surface area contributed by atoms with E-state index in [1.807, 2.05) is 12.1 Å². The topological polar surface area (TPSA) is 34.6 Å². The summed E-state index contributed by atoms with van der Waals surface area (Å²) in [5.41, 5.74) is 13.8. The zero-order valence-electron chi connectivity index (χ0n) is 35.6. The number of benzene rings is 6. The Morgan fingerprint density at radius 2 is 0.885 bits per heavy atom. The van der Waals surface area contributed by atoms with Crippen molar-refractivity contribution in [2.75, 3.05) is 0 Å². The van der Waals surface area contributed by atoms with Gasteiger partial charge < -0.3 is 8.80 Å². The molecule has 0 N–H and O–H groups in total. The van der Waals surface area contributed by atoms with Crippen LogP contribution in [0.2, 0.25) is 0 Å². The molecule has 0 aliphatic carbocycles. The second kappa shape index (κ2) is 17.4. The Bertz CT molecular complexity index is 2940. The maximum Gasteiger partial charge on any atom is 2.00 e. The monoisotopic (exact) mass is 975 g/mol. The second-order valence-corrected chi connectivity index (χ2v) is 16.8. The summed E-state index contributed by atoms with van der Waals surface area (Å²) < 4.78 is 4.83. The number of nitrogens with zero attached hydrogens (tertiary/aromatic N) is 4. The Hall–Kier alpha value is -5.57. The third-order valence-electron chi connectivity index (χ3n) is 13.3. The van der Waals surface area contributed by atoms with E-state index < -0.39 is 0 Å². The van der Waals surface area contributed by atoms with Gasteiger partial charge in [-0.05, 0) is 82.7 Å². The molecule has 0 unspecified atom stereocenters. The van der Waals surface area contributed by atoms with Gasteiger partial charge >= 0.3 is 21.1 Å². The number of pyridine rings is 2. The van der Waals surface area contributed by atoms with Gasteiger partial charge in [0.25, 0.3) is 0 Å². The average Bonchev–Trinajstić information content (AvgIpc) is 3.90. The van der Waals surface area contributed by atoms with Crippen LogP contribution in [0.4, 0.5) is 0 Å². The van der Waals surface area contributed by atoms with E-state index in [-0.39, 0.29) is 21.1 Å². The Labute approximate surface area is 374 Å². The summed E-state index contributed by atoms with van der Waals surface area (Å²) in [6, 6.07) is 55.9. The van der Waals surface area contributed by atoms with Crippen LogP contribution in [-0.4, -0.2) is 18.8 Å². The smallest absolute Gasteiger partial charge is 0.333 e. The van der Waals surface area contributed by atoms with Gasteiger partial charge in [0.05, 0.1) is 34.1 Å². The van der Waals surface area contributed by atoms with Gasteiger partial charge in [-0.1, -0.05) is 149 Å². The number of imidazole rings is 2. The van der Waals surface area contributed by atoms with E-state index in [9.17, 15) is 0 Å². The van der Waals surface area contributed by atoms with Crippen molar-refractivity contribution in [3.8, 4) is 22.5 Å². The second-order valence-electron chi connectivity index (χ2n) is 16.8. The molecule has 0 bridgehead atoms. The van der Waals surface area contributed by atoms with Gasteiger partial charge in [-0.3, -0.25) is 9.97 Å². The van der Waals surface area contributed by atoms with Crippen LogP contribution < -0.4 is 0 Å². The Morgan fingerprint density at radius 1 is 0.475 bits per heavy atom. The van der Waals surface area contributed by atoms with Crippen molar-refractivity contribution in [1.29, 1.82) is 0 Å². The van der Waals surface area contributed by atoms with Crippen LogP contribution in [0.15, 0.2) is 133 Å². The van der Waals surface area contributed by atoms with Gasteiger partial charge in [0.2, 0.25) is 0 Å². The van der Waals surface area contributed by atoms with E-state index in [1.165, 1.54) is 69.4 Å². The minimum Gasteiger partial charge on any atom is -0.333 e. The summed E-state index contributed by atoms with van der Waals surface area (Å²) in [7, 11) is 0. The number of rotatable bonds is 13. The number of hydrogen-bond acceptors (Lipinski definition) is 2. The fraction of sp³-hybridized carbons (Fsp3) is 0.250. The molecule has 4 nitrogen and oxygen atoms in total. The number of aryl methyl sites for hydroxylation is 2. The van der Waals surface area contributed by atoms with Gasteiger partial charge in [0, 0.05) is 11.0 Å². The third kappa shape index (κ3) is 7.27. The normalized spacial score (nSPS) is 12.0. The Kier molecular flexibility index (Phi) is 11.7. The van der Waals surface area contributed by atoms with Crippen molar-refractivity contribution in [1.82, 2.24) is 18.8 Å². The molecule has 4 heterocycles.